The Balaban J connectivity index is 1.90. The molecule has 0 radical (unpaired) electrons. The van der Waals surface area contributed by atoms with E-state index in [-0.39, 0.29) is 6.29 Å². The lowest BCUT2D eigenvalue weighted by Crippen LogP contribution is -2.15. The van der Waals surface area contributed by atoms with E-state index in [0.29, 0.717) is 0 Å². The van der Waals surface area contributed by atoms with Gasteiger partial charge in [-0.2, -0.15) is 0 Å². The zero-order valence-electron chi connectivity index (χ0n) is 6.27. The molecule has 0 atom stereocenters. The summed E-state index contributed by atoms with van der Waals surface area (Å²) in [5.41, 5.74) is 0. The van der Waals surface area contributed by atoms with Gasteiger partial charge in [0.05, 0.1) is 19.8 Å². The van der Waals surface area contributed by atoms with Crippen LogP contribution in [0.25, 0.3) is 0 Å². The van der Waals surface area contributed by atoms with Crippen LogP contribution in [0.4, 0.5) is 0 Å². The Hall–Kier alpha value is -0.800. The Morgan fingerprint density at radius 1 is 1.18 bits per heavy atom. The minimum atomic E-state index is -0.0394. The molecule has 3 nitrogen and oxygen atoms in total. The maximum absolute atomic E-state index is 5.28. The maximum Gasteiger partial charge on any atom is 0.175 e. The van der Waals surface area contributed by atoms with Crippen LogP contribution in [0.15, 0.2) is 24.5 Å². The molecule has 0 saturated carbocycles. The number of nitrogens with zero attached hydrogens (tertiary/aromatic N) is 1. The van der Waals surface area contributed by atoms with Crippen LogP contribution in [-0.4, -0.2) is 24.1 Å². The van der Waals surface area contributed by atoms with Crippen molar-refractivity contribution in [1.29, 1.82) is 0 Å². The van der Waals surface area contributed by atoms with E-state index in [2.05, 4.69) is 4.57 Å². The summed E-state index contributed by atoms with van der Waals surface area (Å²) in [5, 5.41) is 0. The van der Waals surface area contributed by atoms with Crippen LogP contribution < -0.4 is 0 Å². The van der Waals surface area contributed by atoms with E-state index in [1.165, 1.54) is 0 Å². The molecule has 0 aliphatic carbocycles. The Morgan fingerprint density at radius 3 is 2.45 bits per heavy atom. The van der Waals surface area contributed by atoms with E-state index < -0.39 is 0 Å². The highest BCUT2D eigenvalue weighted by molar-refractivity contribution is 4.90. The average molecular weight is 153 g/mol. The van der Waals surface area contributed by atoms with Gasteiger partial charge in [0.15, 0.2) is 6.29 Å². The van der Waals surface area contributed by atoms with Crippen LogP contribution in [0.1, 0.15) is 0 Å². The van der Waals surface area contributed by atoms with Gasteiger partial charge in [0.1, 0.15) is 0 Å². The van der Waals surface area contributed by atoms with Crippen LogP contribution in [0.3, 0.4) is 0 Å². The normalized spacial score (nSPS) is 19.3. The predicted molar refractivity (Wildman–Crippen MR) is 40.1 cm³/mol. The Bertz CT molecular complexity index is 202. The fraction of sp³-hybridized carbons (Fsp3) is 0.500. The summed E-state index contributed by atoms with van der Waals surface area (Å²) in [4.78, 5) is 0. The highest BCUT2D eigenvalue weighted by Gasteiger charge is 2.15. The van der Waals surface area contributed by atoms with Crippen molar-refractivity contribution < 1.29 is 9.47 Å². The summed E-state index contributed by atoms with van der Waals surface area (Å²) >= 11 is 0. The largest absolute Gasteiger partial charge is 0.349 e. The number of ether oxygens (including phenoxy) is 2. The molecule has 60 valence electrons. The van der Waals surface area contributed by atoms with Crippen LogP contribution >= 0.6 is 0 Å². The predicted octanol–water partition coefficient (Wildman–Crippen LogP) is 0.861. The molecule has 1 saturated heterocycles. The third-order valence-corrected chi connectivity index (χ3v) is 1.72. The van der Waals surface area contributed by atoms with Crippen molar-refractivity contribution in [1.82, 2.24) is 4.57 Å². The number of hydrogen-bond donors (Lipinski definition) is 0. The van der Waals surface area contributed by atoms with Crippen molar-refractivity contribution >= 4 is 0 Å². The fourth-order valence-electron chi connectivity index (χ4n) is 1.18. The van der Waals surface area contributed by atoms with Crippen molar-refractivity contribution in [2.45, 2.75) is 12.8 Å². The van der Waals surface area contributed by atoms with Crippen molar-refractivity contribution in [3.8, 4) is 0 Å². The Morgan fingerprint density at radius 2 is 1.82 bits per heavy atom. The van der Waals surface area contributed by atoms with E-state index in [9.17, 15) is 0 Å². The van der Waals surface area contributed by atoms with E-state index in [1.54, 1.807) is 0 Å². The van der Waals surface area contributed by atoms with Crippen LogP contribution in [0.2, 0.25) is 0 Å². The van der Waals surface area contributed by atoms with Gasteiger partial charge in [0, 0.05) is 12.4 Å². The molecular formula is C8H11NO2. The van der Waals surface area contributed by atoms with Crippen LogP contribution in [0, 0.1) is 0 Å². The SMILES string of the molecule is c1ccn(CC2OCCO2)c1. The monoisotopic (exact) mass is 153 g/mol. The summed E-state index contributed by atoms with van der Waals surface area (Å²) in [5.74, 6) is 0. The molecule has 0 N–H and O–H groups in total. The molecule has 0 spiro atoms. The van der Waals surface area contributed by atoms with Gasteiger partial charge in [-0.25, -0.2) is 0 Å². The van der Waals surface area contributed by atoms with Gasteiger partial charge in [0.2, 0.25) is 0 Å². The molecule has 0 amide bonds. The first-order chi connectivity index (χ1) is 5.45. The summed E-state index contributed by atoms with van der Waals surface area (Å²) in [7, 11) is 0. The summed E-state index contributed by atoms with van der Waals surface area (Å²) in [6, 6.07) is 3.99. The molecule has 1 aromatic rings. The second-order valence-electron chi connectivity index (χ2n) is 2.55. The van der Waals surface area contributed by atoms with Gasteiger partial charge in [-0.1, -0.05) is 0 Å². The van der Waals surface area contributed by atoms with Gasteiger partial charge in [-0.05, 0) is 12.1 Å². The molecule has 1 aliphatic rings. The van der Waals surface area contributed by atoms with Crippen molar-refractivity contribution in [2.24, 2.45) is 0 Å². The second-order valence-corrected chi connectivity index (χ2v) is 2.55. The first-order valence-corrected chi connectivity index (χ1v) is 3.79. The minimum absolute atomic E-state index is 0.0394. The van der Waals surface area contributed by atoms with E-state index in [4.69, 9.17) is 9.47 Å². The lowest BCUT2D eigenvalue weighted by atomic mass is 10.6. The molecule has 1 fully saturated rings. The Kier molecular flexibility index (Phi) is 1.92. The maximum atomic E-state index is 5.28. The summed E-state index contributed by atoms with van der Waals surface area (Å²) in [6.45, 7) is 2.25. The summed E-state index contributed by atoms with van der Waals surface area (Å²) in [6.07, 6.45) is 3.97. The lowest BCUT2D eigenvalue weighted by molar-refractivity contribution is -0.0524. The highest BCUT2D eigenvalue weighted by atomic mass is 16.7. The average Bonchev–Trinajstić information content (AvgIpc) is 2.60. The number of aromatic nitrogens is 1. The van der Waals surface area contributed by atoms with Crippen molar-refractivity contribution in [3.63, 3.8) is 0 Å². The van der Waals surface area contributed by atoms with Crippen molar-refractivity contribution in [2.75, 3.05) is 13.2 Å². The first-order valence-electron chi connectivity index (χ1n) is 3.79. The second kappa shape index (κ2) is 3.07. The first kappa shape index (κ1) is 6.88. The molecule has 1 aliphatic heterocycles. The highest BCUT2D eigenvalue weighted by Crippen LogP contribution is 2.06. The van der Waals surface area contributed by atoms with Gasteiger partial charge in [-0.3, -0.25) is 0 Å². The zero-order valence-corrected chi connectivity index (χ0v) is 6.27. The third-order valence-electron chi connectivity index (χ3n) is 1.72. The third kappa shape index (κ3) is 1.61. The van der Waals surface area contributed by atoms with Gasteiger partial charge in [-0.15, -0.1) is 0 Å². The smallest absolute Gasteiger partial charge is 0.175 e. The summed E-state index contributed by atoms with van der Waals surface area (Å²) < 4.78 is 12.6. The van der Waals surface area contributed by atoms with Crippen LogP contribution in [0.5, 0.6) is 0 Å². The molecule has 1 aromatic heterocycles. The molecule has 2 rings (SSSR count). The zero-order chi connectivity index (χ0) is 7.52. The molecule has 0 bridgehead atoms. The standard InChI is InChI=1S/C8H11NO2/c1-2-4-9(3-1)7-8-10-5-6-11-8/h1-4,8H,5-7H2. The molecule has 0 unspecified atom stereocenters. The quantitative estimate of drug-likeness (QED) is 0.629. The van der Waals surface area contributed by atoms with Crippen LogP contribution in [-0.2, 0) is 16.0 Å². The molecular weight excluding hydrogens is 142 g/mol. The van der Waals surface area contributed by atoms with Gasteiger partial charge in [0.25, 0.3) is 0 Å². The van der Waals surface area contributed by atoms with Gasteiger partial charge >= 0.3 is 0 Å². The van der Waals surface area contributed by atoms with E-state index >= 15 is 0 Å². The van der Waals surface area contributed by atoms with Gasteiger partial charge < -0.3 is 14.0 Å². The molecule has 3 heteroatoms. The Labute approximate surface area is 65.5 Å². The fourth-order valence-corrected chi connectivity index (χ4v) is 1.18. The van der Waals surface area contributed by atoms with E-state index in [0.717, 1.165) is 19.8 Å². The molecule has 0 aromatic carbocycles. The topological polar surface area (TPSA) is 23.4 Å². The van der Waals surface area contributed by atoms with Crippen molar-refractivity contribution in [3.05, 3.63) is 24.5 Å². The molecule has 11 heavy (non-hydrogen) atoms. The molecule has 2 heterocycles. The number of rotatable bonds is 2. The lowest BCUT2D eigenvalue weighted by Gasteiger charge is -2.08. The minimum Gasteiger partial charge on any atom is -0.349 e. The number of hydrogen-bond acceptors (Lipinski definition) is 2. The van der Waals surface area contributed by atoms with E-state index in [1.807, 2.05) is 24.5 Å².